The molecule has 3 nitrogen and oxygen atoms in total. The molecule has 49 heavy (non-hydrogen) atoms. The molecule has 0 spiro atoms. The van der Waals surface area contributed by atoms with Gasteiger partial charge in [0.15, 0.2) is 0 Å². The van der Waals surface area contributed by atoms with Gasteiger partial charge in [0, 0.05) is 0 Å². The largest absolute Gasteiger partial charge is 0.370 e. The summed E-state index contributed by atoms with van der Waals surface area (Å²) in [5.41, 5.74) is 7.13. The Kier molecular flexibility index (Phi) is 6.83. The summed E-state index contributed by atoms with van der Waals surface area (Å²) in [7, 11) is 0. The van der Waals surface area contributed by atoms with Crippen molar-refractivity contribution in [1.82, 2.24) is 0 Å². The Morgan fingerprint density at radius 3 is 1.04 bits per heavy atom. The summed E-state index contributed by atoms with van der Waals surface area (Å²) in [6.45, 7) is 1.14. The first-order valence-corrected chi connectivity index (χ1v) is 17.2. The topological polar surface area (TPSA) is 27.7 Å². The molecule has 2 fully saturated rings. The van der Waals surface area contributed by atoms with E-state index in [1.54, 1.807) is 0 Å². The maximum atomic E-state index is 6.90. The van der Waals surface area contributed by atoms with E-state index in [1.807, 2.05) is 0 Å². The summed E-state index contributed by atoms with van der Waals surface area (Å²) >= 11 is 0. The van der Waals surface area contributed by atoms with Gasteiger partial charge in [-0.15, -0.1) is 0 Å². The number of rotatable bonds is 4. The predicted octanol–water partition coefficient (Wildman–Crippen LogP) is 11.2. The quantitative estimate of drug-likeness (QED) is 0.180. The molecule has 8 aromatic carbocycles. The maximum Gasteiger partial charge on any atom is 0.117 e. The second kappa shape index (κ2) is 11.7. The summed E-state index contributed by atoms with van der Waals surface area (Å²) in [6, 6.07) is 57.0. The molecule has 0 bridgehead atoms. The minimum atomic E-state index is -0.227. The van der Waals surface area contributed by atoms with Gasteiger partial charge in [-0.2, -0.15) is 0 Å². The predicted molar refractivity (Wildman–Crippen MR) is 200 cm³/mol. The summed E-state index contributed by atoms with van der Waals surface area (Å²) in [4.78, 5) is 0. The molecule has 0 radical (unpaired) electrons. The van der Waals surface area contributed by atoms with Gasteiger partial charge in [0.05, 0.1) is 13.2 Å². The highest BCUT2D eigenvalue weighted by molar-refractivity contribution is 6.13. The molecular weight excluding hydrogens is 601 g/mol. The number of ether oxygens (including phenoxy) is 3. The molecule has 2 heterocycles. The first-order valence-electron chi connectivity index (χ1n) is 17.2. The maximum absolute atomic E-state index is 6.90. The third-order valence-corrected chi connectivity index (χ3v) is 10.5. The lowest BCUT2D eigenvalue weighted by Gasteiger charge is -2.29. The van der Waals surface area contributed by atoms with Gasteiger partial charge >= 0.3 is 0 Å². The second-order valence-electron chi connectivity index (χ2n) is 13.3. The average molecular weight is 635 g/mol. The highest BCUT2D eigenvalue weighted by atomic mass is 16.6. The molecular formula is C46H34O3. The van der Waals surface area contributed by atoms with Crippen LogP contribution in [0.15, 0.2) is 158 Å². The standard InChI is InChI=1S/C46H34O3/c1-5-13-37-33(9-1)27-34-10-2-6-14-38(34)41(37)29-17-21-31(22-18-29)43-45-46(48-26-25-47-45)44(49-43)32-23-19-30(20-24-32)42-39-15-7-3-11-35(39)28-36-12-4-8-16-40(36)42/h1-24,27-28,43-46H,25-26H2. The Morgan fingerprint density at radius 2 is 0.694 bits per heavy atom. The van der Waals surface area contributed by atoms with Gasteiger partial charge in [-0.1, -0.05) is 146 Å². The van der Waals surface area contributed by atoms with Gasteiger partial charge in [0.1, 0.15) is 24.4 Å². The van der Waals surface area contributed by atoms with Gasteiger partial charge < -0.3 is 14.2 Å². The molecule has 8 aromatic rings. The fourth-order valence-electron chi connectivity index (χ4n) is 8.26. The van der Waals surface area contributed by atoms with Crippen molar-refractivity contribution in [2.24, 2.45) is 0 Å². The zero-order chi connectivity index (χ0) is 32.3. The summed E-state index contributed by atoms with van der Waals surface area (Å²) < 4.78 is 19.7. The van der Waals surface area contributed by atoms with Crippen LogP contribution in [-0.2, 0) is 14.2 Å². The van der Waals surface area contributed by atoms with E-state index in [0.29, 0.717) is 13.2 Å². The molecule has 0 aliphatic carbocycles. The van der Waals surface area contributed by atoms with Crippen LogP contribution in [0.3, 0.4) is 0 Å². The molecule has 0 saturated carbocycles. The van der Waals surface area contributed by atoms with Gasteiger partial charge in [-0.3, -0.25) is 0 Å². The lowest BCUT2D eigenvalue weighted by Crippen LogP contribution is -2.39. The van der Waals surface area contributed by atoms with Crippen LogP contribution in [-0.4, -0.2) is 25.4 Å². The van der Waals surface area contributed by atoms with Crippen molar-refractivity contribution in [2.45, 2.75) is 24.4 Å². The van der Waals surface area contributed by atoms with E-state index in [0.717, 1.165) is 11.1 Å². The second-order valence-corrected chi connectivity index (χ2v) is 13.3. The van der Waals surface area contributed by atoms with Crippen molar-refractivity contribution < 1.29 is 14.2 Å². The van der Waals surface area contributed by atoms with Crippen molar-refractivity contribution in [3.8, 4) is 22.3 Å². The molecule has 2 aliphatic rings. The molecule has 2 saturated heterocycles. The van der Waals surface area contributed by atoms with Crippen LogP contribution in [0.1, 0.15) is 23.3 Å². The Balaban J connectivity index is 0.996. The Morgan fingerprint density at radius 1 is 0.367 bits per heavy atom. The van der Waals surface area contributed by atoms with Crippen LogP contribution in [0.25, 0.3) is 65.3 Å². The molecule has 2 aliphatic heterocycles. The van der Waals surface area contributed by atoms with Crippen molar-refractivity contribution in [3.05, 3.63) is 169 Å². The minimum absolute atomic E-state index is 0.176. The van der Waals surface area contributed by atoms with E-state index in [2.05, 4.69) is 158 Å². The van der Waals surface area contributed by atoms with Crippen molar-refractivity contribution >= 4 is 43.1 Å². The summed E-state index contributed by atoms with van der Waals surface area (Å²) in [5, 5.41) is 10.0. The smallest absolute Gasteiger partial charge is 0.117 e. The van der Waals surface area contributed by atoms with Crippen molar-refractivity contribution in [3.63, 3.8) is 0 Å². The highest BCUT2D eigenvalue weighted by Crippen LogP contribution is 2.47. The average Bonchev–Trinajstić information content (AvgIpc) is 3.56. The lowest BCUT2D eigenvalue weighted by atomic mass is 9.90. The fraction of sp³-hybridized carbons (Fsp3) is 0.130. The van der Waals surface area contributed by atoms with E-state index in [4.69, 9.17) is 14.2 Å². The Hall–Kier alpha value is -5.32. The molecule has 3 heteroatoms. The van der Waals surface area contributed by atoms with E-state index in [-0.39, 0.29) is 24.4 Å². The van der Waals surface area contributed by atoms with Crippen LogP contribution in [0.2, 0.25) is 0 Å². The Labute approximate surface area is 285 Å². The van der Waals surface area contributed by atoms with Gasteiger partial charge in [0.2, 0.25) is 0 Å². The zero-order valence-electron chi connectivity index (χ0n) is 27.0. The van der Waals surface area contributed by atoms with Crippen molar-refractivity contribution in [2.75, 3.05) is 13.2 Å². The molecule has 4 unspecified atom stereocenters. The van der Waals surface area contributed by atoms with Crippen LogP contribution in [0, 0.1) is 0 Å². The molecule has 0 N–H and O–H groups in total. The summed E-state index contributed by atoms with van der Waals surface area (Å²) in [5.74, 6) is 0. The minimum Gasteiger partial charge on any atom is -0.370 e. The van der Waals surface area contributed by atoms with E-state index < -0.39 is 0 Å². The Bertz CT molecular complexity index is 2220. The van der Waals surface area contributed by atoms with E-state index in [1.165, 1.54) is 65.3 Å². The van der Waals surface area contributed by atoms with Crippen LogP contribution < -0.4 is 0 Å². The molecule has 10 rings (SSSR count). The summed E-state index contributed by atoms with van der Waals surface area (Å²) in [6.07, 6.45) is -0.806. The third kappa shape index (κ3) is 4.77. The number of hydrogen-bond donors (Lipinski definition) is 0. The van der Waals surface area contributed by atoms with Crippen LogP contribution in [0.5, 0.6) is 0 Å². The monoisotopic (exact) mass is 634 g/mol. The fourth-order valence-corrected chi connectivity index (χ4v) is 8.26. The molecule has 236 valence electrons. The highest BCUT2D eigenvalue weighted by Gasteiger charge is 2.49. The lowest BCUT2D eigenvalue weighted by molar-refractivity contribution is -0.133. The molecule has 0 amide bonds. The van der Waals surface area contributed by atoms with Crippen molar-refractivity contribution in [1.29, 1.82) is 0 Å². The van der Waals surface area contributed by atoms with Gasteiger partial charge in [-0.05, 0) is 88.6 Å². The number of benzene rings is 8. The van der Waals surface area contributed by atoms with E-state index in [9.17, 15) is 0 Å². The van der Waals surface area contributed by atoms with E-state index >= 15 is 0 Å². The normalized spacial score (nSPS) is 20.7. The molecule has 0 aromatic heterocycles. The van der Waals surface area contributed by atoms with Crippen LogP contribution in [0.4, 0.5) is 0 Å². The van der Waals surface area contributed by atoms with Gasteiger partial charge in [-0.25, -0.2) is 0 Å². The number of hydrogen-bond acceptors (Lipinski definition) is 3. The first-order chi connectivity index (χ1) is 24.3. The van der Waals surface area contributed by atoms with Gasteiger partial charge in [0.25, 0.3) is 0 Å². The number of fused-ring (bicyclic) bond motifs is 5. The zero-order valence-corrected chi connectivity index (χ0v) is 27.0. The van der Waals surface area contributed by atoms with Crippen LogP contribution >= 0.6 is 0 Å². The first kappa shape index (κ1) is 28.7. The molecule has 4 atom stereocenters. The third-order valence-electron chi connectivity index (χ3n) is 10.5. The SMILES string of the molecule is c1ccc2c(-c3ccc(C4OC(c5ccc(-c6c7ccccc7cc7ccccc67)cc5)C5OCCOC45)cc3)c3ccccc3cc2c1.